The molecule has 1 aromatic carbocycles. The zero-order chi connectivity index (χ0) is 23.1. The smallest absolute Gasteiger partial charge is 0.329 e. The lowest BCUT2D eigenvalue weighted by molar-refractivity contribution is -0.267. The Kier molecular flexibility index (Phi) is 8.17. The number of ketones is 1. The van der Waals surface area contributed by atoms with Gasteiger partial charge in [0.05, 0.1) is 0 Å². The monoisotopic (exact) mass is 456 g/mol. The van der Waals surface area contributed by atoms with E-state index in [1.807, 2.05) is 36.4 Å². The summed E-state index contributed by atoms with van der Waals surface area (Å²) >= 11 is 0. The van der Waals surface area contributed by atoms with Crippen LogP contribution in [0.15, 0.2) is 42.2 Å². The van der Waals surface area contributed by atoms with Crippen LogP contribution in [-0.2, 0) is 25.5 Å². The minimum absolute atomic E-state index is 0.138. The third-order valence-corrected chi connectivity index (χ3v) is 7.03. The second kappa shape index (κ2) is 11.3. The molecule has 180 valence electrons. The maximum atomic E-state index is 12.8. The van der Waals surface area contributed by atoms with Gasteiger partial charge in [-0.1, -0.05) is 43.2 Å². The largest absolute Gasteiger partial charge is 0.488 e. The Hall–Kier alpha value is -2.22. The number of rotatable bonds is 11. The van der Waals surface area contributed by atoms with E-state index < -0.39 is 11.8 Å². The Bertz CT molecular complexity index is 836. The molecule has 0 bridgehead atoms. The number of aliphatic carboxylic acids is 1. The summed E-state index contributed by atoms with van der Waals surface area (Å²) in [4.78, 5) is 28.9. The molecule has 0 aromatic heterocycles. The van der Waals surface area contributed by atoms with Gasteiger partial charge in [-0.15, -0.1) is 0 Å². The number of carboxylic acid groups (broad SMARTS) is 1. The van der Waals surface area contributed by atoms with Crippen LogP contribution >= 0.6 is 0 Å². The molecule has 4 rings (SSSR count). The molecule has 2 fully saturated rings. The van der Waals surface area contributed by atoms with Crippen LogP contribution in [0.5, 0.6) is 0 Å². The quantitative estimate of drug-likeness (QED) is 0.545. The summed E-state index contributed by atoms with van der Waals surface area (Å²) in [6.45, 7) is 2.63. The van der Waals surface area contributed by atoms with Gasteiger partial charge in [-0.05, 0) is 43.7 Å². The second-order valence-electron chi connectivity index (χ2n) is 9.30. The van der Waals surface area contributed by atoms with Gasteiger partial charge in [-0.3, -0.25) is 14.6 Å². The van der Waals surface area contributed by atoms with Crippen molar-refractivity contribution in [1.29, 1.82) is 0 Å². The standard InChI is InChI=1S/C26H36N2O5/c29-23(19-21-9-3-1-4-10-21)13-12-22-11-5-8-17-28(22)26(24-14-18-32-24,33-20-25(30)31)27-15-6-2-7-16-27/h1,3-4,9-10,14,22H,2,5-8,11-13,15-20H2,(H,30,31)/t22?,26-/m1/s1. The Morgan fingerprint density at radius 1 is 1.06 bits per heavy atom. The summed E-state index contributed by atoms with van der Waals surface area (Å²) in [5.41, 5.74) is 1.04. The molecule has 7 nitrogen and oxygen atoms in total. The average molecular weight is 457 g/mol. The third-order valence-electron chi connectivity index (χ3n) is 7.03. The Labute approximate surface area is 196 Å². The first-order valence-electron chi connectivity index (χ1n) is 12.4. The first-order chi connectivity index (χ1) is 16.1. The van der Waals surface area contributed by atoms with E-state index in [-0.39, 0.29) is 18.4 Å². The number of hydrogen-bond acceptors (Lipinski definition) is 6. The number of ether oxygens (including phenoxy) is 2. The van der Waals surface area contributed by atoms with Crippen molar-refractivity contribution >= 4 is 11.8 Å². The zero-order valence-corrected chi connectivity index (χ0v) is 19.4. The molecule has 3 heterocycles. The minimum Gasteiger partial charge on any atom is -0.488 e. The van der Waals surface area contributed by atoms with E-state index in [4.69, 9.17) is 9.47 Å². The number of likely N-dealkylation sites (tertiary alicyclic amines) is 2. The van der Waals surface area contributed by atoms with Crippen molar-refractivity contribution in [3.8, 4) is 0 Å². The van der Waals surface area contributed by atoms with Crippen molar-refractivity contribution in [2.24, 2.45) is 0 Å². The van der Waals surface area contributed by atoms with Gasteiger partial charge in [0.2, 0.25) is 5.85 Å². The summed E-state index contributed by atoms with van der Waals surface area (Å²) in [6.07, 6.45) is 10.1. The van der Waals surface area contributed by atoms with Crippen molar-refractivity contribution in [1.82, 2.24) is 9.80 Å². The Morgan fingerprint density at radius 2 is 1.79 bits per heavy atom. The molecule has 0 spiro atoms. The lowest BCUT2D eigenvalue weighted by atomic mass is 9.93. The van der Waals surface area contributed by atoms with Crippen LogP contribution in [0.25, 0.3) is 0 Å². The van der Waals surface area contributed by atoms with Crippen molar-refractivity contribution in [2.75, 3.05) is 32.8 Å². The van der Waals surface area contributed by atoms with Gasteiger partial charge >= 0.3 is 5.97 Å². The van der Waals surface area contributed by atoms with Crippen LogP contribution in [0.4, 0.5) is 0 Å². The fourth-order valence-electron chi connectivity index (χ4n) is 5.42. The van der Waals surface area contributed by atoms with Crippen LogP contribution in [0.1, 0.15) is 56.9 Å². The highest BCUT2D eigenvalue weighted by atomic mass is 16.6. The lowest BCUT2D eigenvalue weighted by Gasteiger charge is -2.56. The predicted octanol–water partition coefficient (Wildman–Crippen LogP) is 3.59. The fourth-order valence-corrected chi connectivity index (χ4v) is 5.42. The van der Waals surface area contributed by atoms with Gasteiger partial charge < -0.3 is 14.6 Å². The van der Waals surface area contributed by atoms with Crippen LogP contribution in [-0.4, -0.2) is 71.4 Å². The fraction of sp³-hybridized carbons (Fsp3) is 0.615. The van der Waals surface area contributed by atoms with Crippen molar-refractivity contribution in [2.45, 2.75) is 69.7 Å². The number of benzene rings is 1. The van der Waals surface area contributed by atoms with Crippen LogP contribution in [0, 0.1) is 0 Å². The van der Waals surface area contributed by atoms with Crippen molar-refractivity contribution in [3.63, 3.8) is 0 Å². The van der Waals surface area contributed by atoms with E-state index in [0.717, 1.165) is 63.7 Å². The molecule has 3 aliphatic heterocycles. The molecule has 0 saturated carbocycles. The predicted molar refractivity (Wildman–Crippen MR) is 125 cm³/mol. The molecule has 1 N–H and O–H groups in total. The molecular formula is C26H36N2O5. The molecule has 0 aliphatic carbocycles. The number of carbonyl (C=O) groups excluding carboxylic acids is 1. The summed E-state index contributed by atoms with van der Waals surface area (Å²) in [5, 5.41) is 9.46. The summed E-state index contributed by atoms with van der Waals surface area (Å²) in [5.74, 6) is -1.03. The van der Waals surface area contributed by atoms with Gasteiger partial charge in [0, 0.05) is 38.5 Å². The van der Waals surface area contributed by atoms with Gasteiger partial charge in [-0.25, -0.2) is 4.79 Å². The van der Waals surface area contributed by atoms with E-state index in [0.29, 0.717) is 25.2 Å². The zero-order valence-electron chi connectivity index (χ0n) is 19.4. The van der Waals surface area contributed by atoms with Crippen molar-refractivity contribution < 1.29 is 24.2 Å². The molecule has 33 heavy (non-hydrogen) atoms. The molecule has 1 aromatic rings. The molecule has 2 saturated heterocycles. The summed E-state index contributed by atoms with van der Waals surface area (Å²) in [7, 11) is 0. The van der Waals surface area contributed by atoms with Gasteiger partial charge in [0.25, 0.3) is 0 Å². The van der Waals surface area contributed by atoms with Gasteiger partial charge in [0.1, 0.15) is 19.0 Å². The molecule has 7 heteroatoms. The molecule has 1 unspecified atom stereocenters. The van der Waals surface area contributed by atoms with E-state index in [1.165, 1.54) is 6.42 Å². The number of carboxylic acids is 1. The Balaban J connectivity index is 1.54. The molecule has 2 atom stereocenters. The van der Waals surface area contributed by atoms with E-state index in [2.05, 4.69) is 9.80 Å². The van der Waals surface area contributed by atoms with Crippen LogP contribution in [0.3, 0.4) is 0 Å². The van der Waals surface area contributed by atoms with E-state index in [9.17, 15) is 14.7 Å². The summed E-state index contributed by atoms with van der Waals surface area (Å²) < 4.78 is 12.2. The number of Topliss-reactive ketones (excluding diaryl/α,β-unsaturated/α-hetero) is 1. The van der Waals surface area contributed by atoms with Crippen LogP contribution in [0.2, 0.25) is 0 Å². The van der Waals surface area contributed by atoms with E-state index >= 15 is 0 Å². The highest BCUT2D eigenvalue weighted by Crippen LogP contribution is 2.41. The third kappa shape index (κ3) is 5.65. The number of nitrogens with zero attached hydrogens (tertiary/aromatic N) is 2. The second-order valence-corrected chi connectivity index (χ2v) is 9.30. The number of piperidine rings is 2. The first-order valence-corrected chi connectivity index (χ1v) is 12.4. The van der Waals surface area contributed by atoms with Gasteiger partial charge in [-0.2, -0.15) is 0 Å². The summed E-state index contributed by atoms with van der Waals surface area (Å²) in [6, 6.07) is 10.0. The Morgan fingerprint density at radius 3 is 2.45 bits per heavy atom. The normalized spacial score (nSPS) is 23.6. The average Bonchev–Trinajstić information content (AvgIpc) is 2.80. The molecule has 0 amide bonds. The number of hydrogen-bond donors (Lipinski definition) is 1. The maximum absolute atomic E-state index is 12.8. The molecule has 0 radical (unpaired) electrons. The SMILES string of the molecule is O=C(O)CO[C@](C1=CCO1)(N1CCCCC1)N1CCCCC1CCC(=O)Cc1ccccc1. The highest BCUT2D eigenvalue weighted by molar-refractivity contribution is 5.80. The van der Waals surface area contributed by atoms with E-state index in [1.54, 1.807) is 0 Å². The molecular weight excluding hydrogens is 420 g/mol. The highest BCUT2D eigenvalue weighted by Gasteiger charge is 2.53. The lowest BCUT2D eigenvalue weighted by Crippen LogP contribution is -2.69. The van der Waals surface area contributed by atoms with Crippen molar-refractivity contribution in [3.05, 3.63) is 47.7 Å². The van der Waals surface area contributed by atoms with Crippen LogP contribution < -0.4 is 0 Å². The maximum Gasteiger partial charge on any atom is 0.329 e. The first kappa shape index (κ1) is 23.9. The minimum atomic E-state index is -0.995. The number of carbonyl (C=O) groups is 2. The topological polar surface area (TPSA) is 79.3 Å². The molecule has 3 aliphatic rings. The van der Waals surface area contributed by atoms with Gasteiger partial charge in [0.15, 0.2) is 5.76 Å².